The molecule has 8 heteroatoms. The molecule has 1 unspecified atom stereocenters. The lowest BCUT2D eigenvalue weighted by Gasteiger charge is -2.39. The van der Waals surface area contributed by atoms with E-state index in [4.69, 9.17) is 10.7 Å². The number of allylic oxidation sites excluding steroid dienone is 1. The van der Waals surface area contributed by atoms with Gasteiger partial charge in [0.1, 0.15) is 5.54 Å². The highest BCUT2D eigenvalue weighted by Gasteiger charge is 2.46. The van der Waals surface area contributed by atoms with Gasteiger partial charge in [-0.1, -0.05) is 24.3 Å². The number of benzene rings is 1. The first-order valence-electron chi connectivity index (χ1n) is 10.2. The van der Waals surface area contributed by atoms with Gasteiger partial charge < -0.3 is 5.73 Å². The summed E-state index contributed by atoms with van der Waals surface area (Å²) in [5.74, 6) is -0.242. The first-order chi connectivity index (χ1) is 15.3. The summed E-state index contributed by atoms with van der Waals surface area (Å²) in [6.07, 6.45) is 8.18. The summed E-state index contributed by atoms with van der Waals surface area (Å²) in [7, 11) is 3.53. The third-order valence-electron chi connectivity index (χ3n) is 5.79. The van der Waals surface area contributed by atoms with E-state index < -0.39 is 11.5 Å². The summed E-state index contributed by atoms with van der Waals surface area (Å²) >= 11 is 1.57. The maximum Gasteiger partial charge on any atom is 0.235 e. The molecule has 0 aliphatic carbocycles. The standard InChI is InChI=1S/C24H24N6OS/c1-24(21-11-10-20(32-21)18-8-4-6-16(12-18)13-25)19(22(31)30(3)23(26)28-24)9-5-7-17-14-27-29(2)15-17/h4-8,10-12,14-15,19H,9H2,1-3H3,(H2,26,28)/t19?,24-/m0/s1. The van der Waals surface area contributed by atoms with E-state index in [9.17, 15) is 10.1 Å². The molecule has 0 radical (unpaired) electrons. The highest BCUT2D eigenvalue weighted by molar-refractivity contribution is 7.15. The van der Waals surface area contributed by atoms with Gasteiger partial charge in [0.05, 0.1) is 23.7 Å². The summed E-state index contributed by atoms with van der Waals surface area (Å²) in [5, 5.41) is 13.4. The van der Waals surface area contributed by atoms with Crippen molar-refractivity contribution in [1.82, 2.24) is 14.7 Å². The number of amides is 1. The molecule has 162 valence electrons. The largest absolute Gasteiger partial charge is 0.369 e. The van der Waals surface area contributed by atoms with Crippen molar-refractivity contribution < 1.29 is 4.79 Å². The first kappa shape index (κ1) is 21.5. The lowest BCUT2D eigenvalue weighted by atomic mass is 9.80. The van der Waals surface area contributed by atoms with Gasteiger partial charge in [0.15, 0.2) is 5.96 Å². The normalized spacial score (nSPS) is 21.1. The van der Waals surface area contributed by atoms with Crippen LogP contribution in [0.3, 0.4) is 0 Å². The average molecular weight is 445 g/mol. The zero-order valence-electron chi connectivity index (χ0n) is 18.2. The minimum atomic E-state index is -0.789. The number of nitriles is 1. The van der Waals surface area contributed by atoms with Crippen LogP contribution in [0.5, 0.6) is 0 Å². The number of aromatic nitrogens is 2. The van der Waals surface area contributed by atoms with E-state index in [1.165, 1.54) is 4.90 Å². The van der Waals surface area contributed by atoms with Gasteiger partial charge in [-0.2, -0.15) is 10.4 Å². The molecule has 2 atom stereocenters. The van der Waals surface area contributed by atoms with Crippen LogP contribution in [0, 0.1) is 17.2 Å². The number of nitrogens with zero attached hydrogens (tertiary/aromatic N) is 5. The van der Waals surface area contributed by atoms with Gasteiger partial charge in [0, 0.05) is 35.6 Å². The highest BCUT2D eigenvalue weighted by Crippen LogP contribution is 2.44. The number of nitrogens with two attached hydrogens (primary N) is 1. The Morgan fingerprint density at radius 3 is 2.84 bits per heavy atom. The number of guanidine groups is 1. The fourth-order valence-corrected chi connectivity index (χ4v) is 5.06. The fourth-order valence-electron chi connectivity index (χ4n) is 3.91. The van der Waals surface area contributed by atoms with Crippen LogP contribution in [0.25, 0.3) is 16.5 Å². The number of rotatable bonds is 5. The minimum absolute atomic E-state index is 0.0581. The van der Waals surface area contributed by atoms with Gasteiger partial charge in [-0.15, -0.1) is 11.3 Å². The van der Waals surface area contributed by atoms with E-state index in [1.807, 2.05) is 62.7 Å². The number of aliphatic imine (C=N–C) groups is 1. The van der Waals surface area contributed by atoms with E-state index >= 15 is 0 Å². The van der Waals surface area contributed by atoms with Crippen LogP contribution < -0.4 is 5.73 Å². The quantitative estimate of drug-likeness (QED) is 0.648. The Hall–Kier alpha value is -3.70. The molecule has 7 nitrogen and oxygen atoms in total. The van der Waals surface area contributed by atoms with Crippen molar-refractivity contribution in [3.8, 4) is 16.5 Å². The smallest absolute Gasteiger partial charge is 0.235 e. The second-order valence-electron chi connectivity index (χ2n) is 8.01. The van der Waals surface area contributed by atoms with Crippen molar-refractivity contribution in [2.24, 2.45) is 23.7 Å². The Bertz CT molecular complexity index is 1260. The molecule has 0 spiro atoms. The van der Waals surface area contributed by atoms with Crippen molar-refractivity contribution in [1.29, 1.82) is 5.26 Å². The summed E-state index contributed by atoms with van der Waals surface area (Å²) in [6.45, 7) is 1.97. The van der Waals surface area contributed by atoms with E-state index in [0.717, 1.165) is 20.9 Å². The van der Waals surface area contributed by atoms with Crippen LogP contribution >= 0.6 is 11.3 Å². The third kappa shape index (κ3) is 3.95. The van der Waals surface area contributed by atoms with Crippen LogP contribution in [-0.2, 0) is 17.4 Å². The Kier molecular flexibility index (Phi) is 5.68. The predicted molar refractivity (Wildman–Crippen MR) is 127 cm³/mol. The topological polar surface area (TPSA) is 100 Å². The molecule has 1 amide bonds. The maximum atomic E-state index is 13.2. The van der Waals surface area contributed by atoms with Crippen LogP contribution in [0.2, 0.25) is 0 Å². The molecule has 32 heavy (non-hydrogen) atoms. The van der Waals surface area contributed by atoms with Crippen molar-refractivity contribution in [2.75, 3.05) is 7.05 Å². The summed E-state index contributed by atoms with van der Waals surface area (Å²) in [6, 6.07) is 13.7. The third-order valence-corrected chi connectivity index (χ3v) is 7.15. The average Bonchev–Trinajstić information content (AvgIpc) is 3.44. The summed E-state index contributed by atoms with van der Waals surface area (Å²) in [5.41, 5.74) is 7.88. The lowest BCUT2D eigenvalue weighted by Crippen LogP contribution is -2.53. The van der Waals surface area contributed by atoms with Crippen molar-refractivity contribution in [3.05, 3.63) is 70.9 Å². The molecule has 1 aliphatic heterocycles. The Labute approximate surface area is 191 Å². The molecular weight excluding hydrogens is 420 g/mol. The lowest BCUT2D eigenvalue weighted by molar-refractivity contribution is -0.133. The van der Waals surface area contributed by atoms with E-state index in [1.54, 1.807) is 35.3 Å². The first-order valence-corrected chi connectivity index (χ1v) is 11.0. The number of thiophene rings is 1. The van der Waals surface area contributed by atoms with Gasteiger partial charge in [0.2, 0.25) is 5.91 Å². The molecule has 1 aliphatic rings. The zero-order valence-corrected chi connectivity index (χ0v) is 19.0. The number of carbonyl (C=O) groups excluding carboxylic acids is 1. The Morgan fingerprint density at radius 1 is 1.31 bits per heavy atom. The van der Waals surface area contributed by atoms with Gasteiger partial charge in [-0.25, -0.2) is 4.99 Å². The fraction of sp³-hybridized carbons (Fsp3) is 0.250. The molecule has 3 aromatic rings. The van der Waals surface area contributed by atoms with Crippen molar-refractivity contribution in [2.45, 2.75) is 18.9 Å². The van der Waals surface area contributed by atoms with Gasteiger partial charge in [-0.3, -0.25) is 14.4 Å². The van der Waals surface area contributed by atoms with E-state index in [2.05, 4.69) is 11.2 Å². The molecule has 3 heterocycles. The van der Waals surface area contributed by atoms with Crippen LogP contribution in [-0.4, -0.2) is 33.6 Å². The molecule has 0 saturated carbocycles. The molecule has 1 aromatic carbocycles. The number of carbonyl (C=O) groups is 1. The van der Waals surface area contributed by atoms with Crippen LogP contribution in [0.4, 0.5) is 0 Å². The SMILES string of the molecule is CN1C(=O)C(CC=Cc2cnn(C)c2)[C@@](C)(c2ccc(-c3cccc(C#N)c3)s2)N=C1N. The molecule has 0 fully saturated rings. The Balaban J connectivity index is 1.68. The number of hydrogen-bond donors (Lipinski definition) is 1. The van der Waals surface area contributed by atoms with Crippen LogP contribution in [0.1, 0.15) is 29.3 Å². The second kappa shape index (κ2) is 8.44. The van der Waals surface area contributed by atoms with Gasteiger partial charge in [-0.05, 0) is 43.2 Å². The highest BCUT2D eigenvalue weighted by atomic mass is 32.1. The monoisotopic (exact) mass is 444 g/mol. The Morgan fingerprint density at radius 2 is 2.12 bits per heavy atom. The number of aryl methyl sites for hydroxylation is 1. The van der Waals surface area contributed by atoms with Crippen LogP contribution in [0.15, 0.2) is 59.9 Å². The summed E-state index contributed by atoms with van der Waals surface area (Å²) in [4.78, 5) is 21.4. The predicted octanol–water partition coefficient (Wildman–Crippen LogP) is 3.74. The van der Waals surface area contributed by atoms with Gasteiger partial charge in [0.25, 0.3) is 0 Å². The zero-order chi connectivity index (χ0) is 22.9. The molecule has 0 saturated heterocycles. The van der Waals surface area contributed by atoms with E-state index in [-0.39, 0.29) is 11.9 Å². The maximum absolute atomic E-state index is 13.2. The van der Waals surface area contributed by atoms with Gasteiger partial charge >= 0.3 is 0 Å². The molecular formula is C24H24N6OS. The number of hydrogen-bond acceptors (Lipinski definition) is 6. The summed E-state index contributed by atoms with van der Waals surface area (Å²) < 4.78 is 1.74. The molecule has 4 rings (SSSR count). The molecule has 2 aromatic heterocycles. The van der Waals surface area contributed by atoms with Crippen molar-refractivity contribution in [3.63, 3.8) is 0 Å². The second-order valence-corrected chi connectivity index (χ2v) is 9.09. The minimum Gasteiger partial charge on any atom is -0.369 e. The molecule has 0 bridgehead atoms. The molecule has 2 N–H and O–H groups in total. The van der Waals surface area contributed by atoms with E-state index in [0.29, 0.717) is 12.0 Å². The van der Waals surface area contributed by atoms with Crippen molar-refractivity contribution >= 4 is 29.3 Å².